The fourth-order valence-electron chi connectivity index (χ4n) is 2.61. The van der Waals surface area contributed by atoms with Gasteiger partial charge in [0.05, 0.1) is 11.2 Å². The summed E-state index contributed by atoms with van der Waals surface area (Å²) >= 11 is 0. The smallest absolute Gasteiger partial charge is 0.244 e. The van der Waals surface area contributed by atoms with Gasteiger partial charge in [0.25, 0.3) is 0 Å². The van der Waals surface area contributed by atoms with E-state index in [1.165, 1.54) is 25.1 Å². The fraction of sp³-hybridized carbons (Fsp3) is 0.467. The standard InChI is InChI=1S/C15H20FN3O2/c1-3-15(7-4-8-17-15)14(21)19-13-9-11(18-10(2)20)5-6-12(13)16/h5-6,9,17H,3-4,7-8H2,1-2H3,(H,18,20)(H,19,21). The Bertz CT molecular complexity index is 554. The number of benzene rings is 1. The van der Waals surface area contributed by atoms with Gasteiger partial charge in [0, 0.05) is 12.6 Å². The van der Waals surface area contributed by atoms with Crippen molar-refractivity contribution >= 4 is 23.2 Å². The lowest BCUT2D eigenvalue weighted by molar-refractivity contribution is -0.122. The predicted octanol–water partition coefficient (Wildman–Crippen LogP) is 2.25. The third-order valence-electron chi connectivity index (χ3n) is 3.82. The van der Waals surface area contributed by atoms with Crippen LogP contribution < -0.4 is 16.0 Å². The second-order valence-electron chi connectivity index (χ2n) is 5.30. The molecule has 1 heterocycles. The quantitative estimate of drug-likeness (QED) is 0.797. The van der Waals surface area contributed by atoms with E-state index in [1.54, 1.807) is 0 Å². The van der Waals surface area contributed by atoms with E-state index in [4.69, 9.17) is 0 Å². The predicted molar refractivity (Wildman–Crippen MR) is 79.6 cm³/mol. The number of carbonyl (C=O) groups is 2. The van der Waals surface area contributed by atoms with Crippen molar-refractivity contribution in [3.05, 3.63) is 24.0 Å². The lowest BCUT2D eigenvalue weighted by atomic mass is 9.93. The van der Waals surface area contributed by atoms with E-state index in [0.717, 1.165) is 19.4 Å². The maximum absolute atomic E-state index is 13.8. The van der Waals surface area contributed by atoms with Crippen molar-refractivity contribution in [2.45, 2.75) is 38.6 Å². The SMILES string of the molecule is CCC1(C(=O)Nc2cc(NC(C)=O)ccc2F)CCCN1. The molecule has 2 rings (SSSR count). The summed E-state index contributed by atoms with van der Waals surface area (Å²) in [7, 11) is 0. The molecule has 1 unspecified atom stereocenters. The molecule has 3 N–H and O–H groups in total. The highest BCUT2D eigenvalue weighted by atomic mass is 19.1. The first kappa shape index (κ1) is 15.4. The van der Waals surface area contributed by atoms with Crippen molar-refractivity contribution in [3.8, 4) is 0 Å². The van der Waals surface area contributed by atoms with Crippen LogP contribution in [0.3, 0.4) is 0 Å². The van der Waals surface area contributed by atoms with Crippen molar-refractivity contribution in [3.63, 3.8) is 0 Å². The number of amides is 2. The second-order valence-corrected chi connectivity index (χ2v) is 5.30. The minimum Gasteiger partial charge on any atom is -0.326 e. The zero-order chi connectivity index (χ0) is 15.5. The summed E-state index contributed by atoms with van der Waals surface area (Å²) in [5.41, 5.74) is -0.104. The number of rotatable bonds is 4. The van der Waals surface area contributed by atoms with Crippen LogP contribution in [0.4, 0.5) is 15.8 Å². The van der Waals surface area contributed by atoms with Crippen molar-refractivity contribution < 1.29 is 14.0 Å². The van der Waals surface area contributed by atoms with E-state index in [2.05, 4.69) is 16.0 Å². The van der Waals surface area contributed by atoms with Gasteiger partial charge in [-0.25, -0.2) is 4.39 Å². The summed E-state index contributed by atoms with van der Waals surface area (Å²) in [5.74, 6) is -1.01. The van der Waals surface area contributed by atoms with Crippen LogP contribution in [-0.4, -0.2) is 23.9 Å². The van der Waals surface area contributed by atoms with Crippen molar-refractivity contribution in [1.29, 1.82) is 0 Å². The minimum absolute atomic E-state index is 0.0766. The third kappa shape index (κ3) is 3.39. The van der Waals surface area contributed by atoms with Crippen LogP contribution in [0, 0.1) is 5.82 Å². The first-order valence-electron chi connectivity index (χ1n) is 7.10. The number of hydrogen-bond acceptors (Lipinski definition) is 3. The molecule has 0 bridgehead atoms. The first-order valence-corrected chi connectivity index (χ1v) is 7.10. The molecule has 1 atom stereocenters. The van der Waals surface area contributed by atoms with E-state index in [-0.39, 0.29) is 17.5 Å². The van der Waals surface area contributed by atoms with Gasteiger partial charge in [-0.3, -0.25) is 9.59 Å². The summed E-state index contributed by atoms with van der Waals surface area (Å²) < 4.78 is 13.8. The van der Waals surface area contributed by atoms with E-state index in [9.17, 15) is 14.0 Å². The molecular weight excluding hydrogens is 273 g/mol. The monoisotopic (exact) mass is 293 g/mol. The zero-order valence-electron chi connectivity index (χ0n) is 12.3. The molecule has 1 aliphatic rings. The molecule has 0 spiro atoms. The zero-order valence-corrected chi connectivity index (χ0v) is 12.3. The number of carbonyl (C=O) groups excluding carboxylic acids is 2. The average molecular weight is 293 g/mol. The van der Waals surface area contributed by atoms with Gasteiger partial charge < -0.3 is 16.0 Å². The van der Waals surface area contributed by atoms with Crippen LogP contribution in [-0.2, 0) is 9.59 Å². The van der Waals surface area contributed by atoms with Gasteiger partial charge in [0.15, 0.2) is 0 Å². The van der Waals surface area contributed by atoms with Gasteiger partial charge in [0.1, 0.15) is 5.82 Å². The average Bonchev–Trinajstić information content (AvgIpc) is 2.92. The molecular formula is C15H20FN3O2. The topological polar surface area (TPSA) is 70.2 Å². The third-order valence-corrected chi connectivity index (χ3v) is 3.82. The van der Waals surface area contributed by atoms with Gasteiger partial charge >= 0.3 is 0 Å². The van der Waals surface area contributed by atoms with E-state index >= 15 is 0 Å². The summed E-state index contributed by atoms with van der Waals surface area (Å²) in [6.07, 6.45) is 2.31. The van der Waals surface area contributed by atoms with Crippen LogP contribution in [0.15, 0.2) is 18.2 Å². The molecule has 1 fully saturated rings. The molecule has 1 saturated heterocycles. The molecule has 1 aromatic carbocycles. The molecule has 1 aliphatic heterocycles. The van der Waals surface area contributed by atoms with Crippen molar-refractivity contribution in [1.82, 2.24) is 5.32 Å². The Kier molecular flexibility index (Phi) is 4.57. The molecule has 0 saturated carbocycles. The Balaban J connectivity index is 2.18. The number of nitrogens with one attached hydrogen (secondary N) is 3. The van der Waals surface area contributed by atoms with Crippen molar-refractivity contribution in [2.75, 3.05) is 17.2 Å². The molecule has 21 heavy (non-hydrogen) atoms. The van der Waals surface area contributed by atoms with Crippen LogP contribution in [0.5, 0.6) is 0 Å². The molecule has 0 aliphatic carbocycles. The van der Waals surface area contributed by atoms with E-state index in [0.29, 0.717) is 12.1 Å². The fourth-order valence-corrected chi connectivity index (χ4v) is 2.61. The van der Waals surface area contributed by atoms with E-state index in [1.807, 2.05) is 6.92 Å². The molecule has 6 heteroatoms. The van der Waals surface area contributed by atoms with Gasteiger partial charge in [-0.2, -0.15) is 0 Å². The number of anilines is 2. The molecule has 114 valence electrons. The molecule has 0 aromatic heterocycles. The Labute approximate surface area is 123 Å². The lowest BCUT2D eigenvalue weighted by Crippen LogP contribution is -2.50. The van der Waals surface area contributed by atoms with Gasteiger partial charge in [-0.1, -0.05) is 6.92 Å². The summed E-state index contributed by atoms with van der Waals surface area (Å²) in [6.45, 7) is 4.09. The second kappa shape index (κ2) is 6.22. The van der Waals surface area contributed by atoms with Gasteiger partial charge in [0.2, 0.25) is 11.8 Å². The maximum atomic E-state index is 13.8. The van der Waals surface area contributed by atoms with Gasteiger partial charge in [-0.15, -0.1) is 0 Å². The Morgan fingerprint density at radius 2 is 2.14 bits per heavy atom. The number of halogens is 1. The highest BCUT2D eigenvalue weighted by molar-refractivity contribution is 5.99. The Morgan fingerprint density at radius 3 is 2.71 bits per heavy atom. The van der Waals surface area contributed by atoms with Gasteiger partial charge in [-0.05, 0) is 44.0 Å². The molecule has 2 amide bonds. The molecule has 0 radical (unpaired) electrons. The Hall–Kier alpha value is -1.95. The van der Waals surface area contributed by atoms with Crippen LogP contribution in [0.1, 0.15) is 33.1 Å². The normalized spacial score (nSPS) is 21.1. The highest BCUT2D eigenvalue weighted by Gasteiger charge is 2.39. The molecule has 1 aromatic rings. The van der Waals surface area contributed by atoms with E-state index < -0.39 is 11.4 Å². The minimum atomic E-state index is -0.629. The first-order chi connectivity index (χ1) is 9.97. The molecule has 5 nitrogen and oxygen atoms in total. The highest BCUT2D eigenvalue weighted by Crippen LogP contribution is 2.26. The van der Waals surface area contributed by atoms with Crippen LogP contribution >= 0.6 is 0 Å². The summed E-state index contributed by atoms with van der Waals surface area (Å²) in [5, 5.41) is 8.40. The Morgan fingerprint density at radius 1 is 1.38 bits per heavy atom. The largest absolute Gasteiger partial charge is 0.326 e. The number of hydrogen-bond donors (Lipinski definition) is 3. The summed E-state index contributed by atoms with van der Waals surface area (Å²) in [6, 6.07) is 4.10. The lowest BCUT2D eigenvalue weighted by Gasteiger charge is -2.26. The van der Waals surface area contributed by atoms with Crippen LogP contribution in [0.25, 0.3) is 0 Å². The van der Waals surface area contributed by atoms with Crippen molar-refractivity contribution in [2.24, 2.45) is 0 Å². The summed E-state index contributed by atoms with van der Waals surface area (Å²) in [4.78, 5) is 23.5. The van der Waals surface area contributed by atoms with Crippen LogP contribution in [0.2, 0.25) is 0 Å². The maximum Gasteiger partial charge on any atom is 0.244 e.